The molecular formula is C18H21NO3. The molecule has 2 aromatic rings. The van der Waals surface area contributed by atoms with Crippen molar-refractivity contribution in [3.8, 4) is 11.5 Å². The Kier molecular flexibility index (Phi) is 5.83. The average molecular weight is 299 g/mol. The summed E-state index contributed by atoms with van der Waals surface area (Å²) in [5, 5.41) is 2.87. The van der Waals surface area contributed by atoms with Crippen LogP contribution in [0, 0.1) is 6.92 Å². The Labute approximate surface area is 131 Å². The summed E-state index contributed by atoms with van der Waals surface area (Å²) in [5.74, 6) is 1.39. The Bertz CT molecular complexity index is 608. The predicted molar refractivity (Wildman–Crippen MR) is 87.5 cm³/mol. The third-order valence-electron chi connectivity index (χ3n) is 3.21. The summed E-state index contributed by atoms with van der Waals surface area (Å²) in [6, 6.07) is 15.2. The first-order chi connectivity index (χ1) is 10.7. The summed E-state index contributed by atoms with van der Waals surface area (Å²) < 4.78 is 10.8. The topological polar surface area (TPSA) is 47.6 Å². The van der Waals surface area contributed by atoms with E-state index >= 15 is 0 Å². The Morgan fingerprint density at radius 1 is 1.05 bits per heavy atom. The first kappa shape index (κ1) is 15.9. The number of carbonyl (C=O) groups excluding carboxylic acids is 1. The molecule has 0 heterocycles. The van der Waals surface area contributed by atoms with Crippen molar-refractivity contribution in [3.05, 3.63) is 54.1 Å². The average Bonchev–Trinajstić information content (AvgIpc) is 2.54. The molecule has 0 aromatic heterocycles. The minimum atomic E-state index is -0.00696. The molecule has 22 heavy (non-hydrogen) atoms. The van der Waals surface area contributed by atoms with Crippen LogP contribution in [0.3, 0.4) is 0 Å². The van der Waals surface area contributed by atoms with Gasteiger partial charge in [-0.05, 0) is 37.6 Å². The van der Waals surface area contributed by atoms with Gasteiger partial charge in [0.15, 0.2) is 11.5 Å². The Hall–Kier alpha value is -2.49. The van der Waals surface area contributed by atoms with Crippen LogP contribution < -0.4 is 14.8 Å². The molecule has 0 radical (unpaired) electrons. The lowest BCUT2D eigenvalue weighted by Crippen LogP contribution is -2.12. The van der Waals surface area contributed by atoms with Gasteiger partial charge >= 0.3 is 0 Å². The van der Waals surface area contributed by atoms with Crippen molar-refractivity contribution in [2.24, 2.45) is 0 Å². The van der Waals surface area contributed by atoms with Crippen molar-refractivity contribution in [1.82, 2.24) is 0 Å². The monoisotopic (exact) mass is 299 g/mol. The van der Waals surface area contributed by atoms with E-state index in [0.717, 1.165) is 5.69 Å². The number of hydrogen-bond acceptors (Lipinski definition) is 3. The fourth-order valence-electron chi connectivity index (χ4n) is 2.01. The van der Waals surface area contributed by atoms with Crippen LogP contribution in [0.15, 0.2) is 48.5 Å². The lowest BCUT2D eigenvalue weighted by atomic mass is 10.2. The minimum Gasteiger partial charge on any atom is -0.493 e. The molecule has 0 bridgehead atoms. The van der Waals surface area contributed by atoms with Gasteiger partial charge in [0, 0.05) is 12.1 Å². The van der Waals surface area contributed by atoms with Gasteiger partial charge in [0.1, 0.15) is 0 Å². The molecule has 2 aromatic carbocycles. The lowest BCUT2D eigenvalue weighted by Gasteiger charge is -2.10. The first-order valence-electron chi connectivity index (χ1n) is 7.31. The predicted octanol–water partition coefficient (Wildman–Crippen LogP) is 3.80. The van der Waals surface area contributed by atoms with Gasteiger partial charge in [0.25, 0.3) is 0 Å². The van der Waals surface area contributed by atoms with Gasteiger partial charge in [-0.3, -0.25) is 4.79 Å². The number of rotatable bonds is 7. The molecule has 0 atom stereocenters. The number of methoxy groups -OCH3 is 1. The van der Waals surface area contributed by atoms with Crippen molar-refractivity contribution in [2.75, 3.05) is 19.0 Å². The summed E-state index contributed by atoms with van der Waals surface area (Å²) >= 11 is 0. The van der Waals surface area contributed by atoms with E-state index in [1.807, 2.05) is 55.5 Å². The maximum Gasteiger partial charge on any atom is 0.224 e. The van der Waals surface area contributed by atoms with Gasteiger partial charge in [-0.1, -0.05) is 29.8 Å². The fourth-order valence-corrected chi connectivity index (χ4v) is 2.01. The fraction of sp³-hybridized carbons (Fsp3) is 0.278. The normalized spacial score (nSPS) is 10.1. The van der Waals surface area contributed by atoms with E-state index in [9.17, 15) is 4.79 Å². The number of hydrogen-bond donors (Lipinski definition) is 1. The number of para-hydroxylation sites is 2. The highest BCUT2D eigenvalue weighted by atomic mass is 16.5. The van der Waals surface area contributed by atoms with E-state index in [0.29, 0.717) is 30.9 Å². The van der Waals surface area contributed by atoms with Gasteiger partial charge in [-0.15, -0.1) is 0 Å². The minimum absolute atomic E-state index is 0.00696. The highest BCUT2D eigenvalue weighted by molar-refractivity contribution is 5.90. The van der Waals surface area contributed by atoms with Crippen molar-refractivity contribution in [3.63, 3.8) is 0 Å². The van der Waals surface area contributed by atoms with Gasteiger partial charge in [0.2, 0.25) is 5.91 Å². The van der Waals surface area contributed by atoms with E-state index in [1.54, 1.807) is 7.11 Å². The summed E-state index contributed by atoms with van der Waals surface area (Å²) in [5.41, 5.74) is 1.99. The molecule has 4 heteroatoms. The van der Waals surface area contributed by atoms with Gasteiger partial charge in [-0.25, -0.2) is 0 Å². The molecule has 1 amide bonds. The number of benzene rings is 2. The van der Waals surface area contributed by atoms with E-state index in [-0.39, 0.29) is 5.91 Å². The van der Waals surface area contributed by atoms with Crippen molar-refractivity contribution in [2.45, 2.75) is 19.8 Å². The Balaban J connectivity index is 1.72. The van der Waals surface area contributed by atoms with E-state index in [4.69, 9.17) is 9.47 Å². The number of amides is 1. The third kappa shape index (κ3) is 4.81. The lowest BCUT2D eigenvalue weighted by molar-refractivity contribution is -0.116. The summed E-state index contributed by atoms with van der Waals surface area (Å²) in [4.78, 5) is 11.8. The Morgan fingerprint density at radius 3 is 2.41 bits per heavy atom. The maximum absolute atomic E-state index is 11.8. The number of nitrogens with one attached hydrogen (secondary N) is 1. The molecule has 0 unspecified atom stereocenters. The molecule has 0 aliphatic carbocycles. The van der Waals surface area contributed by atoms with Gasteiger partial charge < -0.3 is 14.8 Å². The van der Waals surface area contributed by atoms with Crippen LogP contribution in [0.25, 0.3) is 0 Å². The molecule has 116 valence electrons. The number of aryl methyl sites for hydroxylation is 1. The zero-order valence-electron chi connectivity index (χ0n) is 13.0. The maximum atomic E-state index is 11.8. The number of anilines is 1. The highest BCUT2D eigenvalue weighted by Crippen LogP contribution is 2.25. The zero-order valence-corrected chi connectivity index (χ0v) is 13.0. The van der Waals surface area contributed by atoms with Crippen LogP contribution in [0.2, 0.25) is 0 Å². The van der Waals surface area contributed by atoms with Crippen molar-refractivity contribution >= 4 is 11.6 Å². The number of carbonyl (C=O) groups is 1. The van der Waals surface area contributed by atoms with Crippen LogP contribution in [0.5, 0.6) is 11.5 Å². The van der Waals surface area contributed by atoms with Gasteiger partial charge in [0.05, 0.1) is 13.7 Å². The van der Waals surface area contributed by atoms with Crippen LogP contribution in [0.4, 0.5) is 5.69 Å². The smallest absolute Gasteiger partial charge is 0.224 e. The number of ether oxygens (including phenoxy) is 2. The Morgan fingerprint density at radius 2 is 1.73 bits per heavy atom. The van der Waals surface area contributed by atoms with Crippen molar-refractivity contribution in [1.29, 1.82) is 0 Å². The van der Waals surface area contributed by atoms with E-state index in [2.05, 4.69) is 5.32 Å². The summed E-state index contributed by atoms with van der Waals surface area (Å²) in [6.07, 6.45) is 1.07. The highest BCUT2D eigenvalue weighted by Gasteiger charge is 2.05. The summed E-state index contributed by atoms with van der Waals surface area (Å²) in [7, 11) is 1.61. The van der Waals surface area contributed by atoms with Crippen LogP contribution in [0.1, 0.15) is 18.4 Å². The molecular weight excluding hydrogens is 278 g/mol. The van der Waals surface area contributed by atoms with E-state index < -0.39 is 0 Å². The molecule has 1 N–H and O–H groups in total. The van der Waals surface area contributed by atoms with Gasteiger partial charge in [-0.2, -0.15) is 0 Å². The second kappa shape index (κ2) is 8.08. The molecule has 0 aliphatic heterocycles. The molecule has 4 nitrogen and oxygen atoms in total. The zero-order chi connectivity index (χ0) is 15.8. The molecule has 0 fully saturated rings. The third-order valence-corrected chi connectivity index (χ3v) is 3.21. The molecule has 2 rings (SSSR count). The second-order valence-electron chi connectivity index (χ2n) is 5.02. The molecule has 0 spiro atoms. The quantitative estimate of drug-likeness (QED) is 0.791. The van der Waals surface area contributed by atoms with Crippen LogP contribution in [-0.4, -0.2) is 19.6 Å². The standard InChI is InChI=1S/C18H21NO3/c1-14-9-11-15(12-10-14)19-18(20)8-5-13-22-17-7-4-3-6-16(17)21-2/h3-4,6-7,9-12H,5,8,13H2,1-2H3,(H,19,20). The molecule has 0 saturated carbocycles. The first-order valence-corrected chi connectivity index (χ1v) is 7.31. The van der Waals surface area contributed by atoms with Crippen LogP contribution >= 0.6 is 0 Å². The van der Waals surface area contributed by atoms with E-state index in [1.165, 1.54) is 5.56 Å². The molecule has 0 saturated heterocycles. The van der Waals surface area contributed by atoms with Crippen LogP contribution in [-0.2, 0) is 4.79 Å². The molecule has 0 aliphatic rings. The summed E-state index contributed by atoms with van der Waals surface area (Å²) in [6.45, 7) is 2.49. The largest absolute Gasteiger partial charge is 0.493 e. The SMILES string of the molecule is COc1ccccc1OCCCC(=O)Nc1ccc(C)cc1. The van der Waals surface area contributed by atoms with Crippen molar-refractivity contribution < 1.29 is 14.3 Å². The second-order valence-corrected chi connectivity index (χ2v) is 5.02.